The van der Waals surface area contributed by atoms with Gasteiger partial charge in [-0.05, 0) is 42.8 Å². The van der Waals surface area contributed by atoms with Gasteiger partial charge in [-0.25, -0.2) is 4.98 Å². The fourth-order valence-electron chi connectivity index (χ4n) is 2.31. The van der Waals surface area contributed by atoms with Gasteiger partial charge in [0.1, 0.15) is 17.5 Å². The van der Waals surface area contributed by atoms with E-state index in [1.165, 1.54) is 6.20 Å². The second-order valence-corrected chi connectivity index (χ2v) is 7.02. The molecule has 1 aromatic heterocycles. The van der Waals surface area contributed by atoms with E-state index in [1.807, 2.05) is 73.7 Å². The van der Waals surface area contributed by atoms with Crippen molar-refractivity contribution in [2.24, 2.45) is 0 Å². The van der Waals surface area contributed by atoms with Crippen LogP contribution in [0, 0.1) is 18.3 Å². The fourth-order valence-corrected chi connectivity index (χ4v) is 3.23. The number of nitrogens with one attached hydrogen (secondary N) is 2. The molecule has 1 amide bonds. The van der Waals surface area contributed by atoms with Crippen molar-refractivity contribution in [3.05, 3.63) is 90.3 Å². The maximum Gasteiger partial charge on any atom is 0.267 e. The summed E-state index contributed by atoms with van der Waals surface area (Å²) in [5.74, 6) is 0.0782. The molecule has 0 aliphatic heterocycles. The molecular weight excluding hydrogens is 368 g/mol. The minimum atomic E-state index is -0.483. The number of nitrogens with zero attached hydrogens (tertiary/aromatic N) is 2. The van der Waals surface area contributed by atoms with Gasteiger partial charge in [0.2, 0.25) is 0 Å². The molecule has 0 atom stereocenters. The Morgan fingerprint density at radius 1 is 1.07 bits per heavy atom. The SMILES string of the molecule is Cc1ccc(N/C=C(/C#N)C(=O)Nc2ccccc2Sc2ccccc2)nc1. The fraction of sp³-hybridized carbons (Fsp3) is 0.0455. The Bertz CT molecular complexity index is 1020. The van der Waals surface area contributed by atoms with Crippen LogP contribution in [0.1, 0.15) is 5.56 Å². The number of rotatable bonds is 6. The topological polar surface area (TPSA) is 77.8 Å². The van der Waals surface area contributed by atoms with Crippen LogP contribution in [0.5, 0.6) is 0 Å². The number of carbonyl (C=O) groups excluding carboxylic acids is 1. The molecule has 1 heterocycles. The molecule has 0 bridgehead atoms. The lowest BCUT2D eigenvalue weighted by molar-refractivity contribution is -0.112. The minimum Gasteiger partial charge on any atom is -0.345 e. The molecule has 2 N–H and O–H groups in total. The van der Waals surface area contributed by atoms with Crippen molar-refractivity contribution in [3.8, 4) is 6.07 Å². The van der Waals surface area contributed by atoms with Crippen molar-refractivity contribution in [2.75, 3.05) is 10.6 Å². The summed E-state index contributed by atoms with van der Waals surface area (Å²) in [6, 6.07) is 23.0. The van der Waals surface area contributed by atoms with Crippen molar-refractivity contribution in [1.29, 1.82) is 5.26 Å². The van der Waals surface area contributed by atoms with Crippen LogP contribution in [0.15, 0.2) is 94.5 Å². The molecule has 0 aliphatic rings. The average molecular weight is 386 g/mol. The number of carbonyl (C=O) groups is 1. The van der Waals surface area contributed by atoms with E-state index in [0.29, 0.717) is 11.5 Å². The highest BCUT2D eigenvalue weighted by atomic mass is 32.2. The van der Waals surface area contributed by atoms with Gasteiger partial charge in [-0.15, -0.1) is 0 Å². The van der Waals surface area contributed by atoms with Crippen molar-refractivity contribution in [1.82, 2.24) is 4.98 Å². The number of aromatic nitrogens is 1. The van der Waals surface area contributed by atoms with E-state index in [-0.39, 0.29) is 5.57 Å². The summed E-state index contributed by atoms with van der Waals surface area (Å²) < 4.78 is 0. The Labute approximate surface area is 168 Å². The van der Waals surface area contributed by atoms with Crippen LogP contribution < -0.4 is 10.6 Å². The minimum absolute atomic E-state index is 0.0399. The number of amides is 1. The first-order valence-corrected chi connectivity index (χ1v) is 9.40. The summed E-state index contributed by atoms with van der Waals surface area (Å²) in [7, 11) is 0. The molecule has 3 aromatic rings. The summed E-state index contributed by atoms with van der Waals surface area (Å²) in [6.07, 6.45) is 3.07. The molecule has 0 saturated carbocycles. The van der Waals surface area contributed by atoms with Crippen LogP contribution >= 0.6 is 11.8 Å². The number of para-hydroxylation sites is 1. The maximum atomic E-state index is 12.6. The summed E-state index contributed by atoms with van der Waals surface area (Å²) in [5.41, 5.74) is 1.64. The highest BCUT2D eigenvalue weighted by molar-refractivity contribution is 7.99. The number of nitriles is 1. The number of pyridine rings is 1. The first kappa shape index (κ1) is 19.2. The first-order valence-electron chi connectivity index (χ1n) is 8.58. The lowest BCUT2D eigenvalue weighted by Gasteiger charge is -2.10. The van der Waals surface area contributed by atoms with E-state index in [1.54, 1.807) is 24.0 Å². The predicted octanol–water partition coefficient (Wildman–Crippen LogP) is 5.00. The Kier molecular flexibility index (Phi) is 6.45. The van der Waals surface area contributed by atoms with E-state index >= 15 is 0 Å². The standard InChI is InChI=1S/C22H18N4OS/c1-16-11-12-21(24-14-16)25-15-17(13-23)22(27)26-19-9-5-6-10-20(19)28-18-7-3-2-4-8-18/h2-12,14-15H,1H3,(H,24,25)(H,26,27)/b17-15-. The van der Waals surface area contributed by atoms with Crippen LogP contribution in [0.2, 0.25) is 0 Å². The second-order valence-electron chi connectivity index (χ2n) is 5.90. The van der Waals surface area contributed by atoms with Gasteiger partial charge >= 0.3 is 0 Å². The quantitative estimate of drug-likeness (QED) is 0.460. The van der Waals surface area contributed by atoms with Gasteiger partial charge in [0.05, 0.1) is 5.69 Å². The number of anilines is 2. The molecule has 6 heteroatoms. The Hall–Kier alpha value is -3.56. The van der Waals surface area contributed by atoms with Gasteiger partial charge in [0.25, 0.3) is 5.91 Å². The van der Waals surface area contributed by atoms with Crippen LogP contribution in [0.3, 0.4) is 0 Å². The number of aryl methyl sites for hydroxylation is 1. The summed E-state index contributed by atoms with van der Waals surface area (Å²) in [5, 5.41) is 15.1. The normalized spacial score (nSPS) is 10.8. The molecule has 0 fully saturated rings. The van der Waals surface area contributed by atoms with Crippen LogP contribution in [-0.2, 0) is 4.79 Å². The third-order valence-electron chi connectivity index (χ3n) is 3.75. The molecular formula is C22H18N4OS. The molecule has 0 aliphatic carbocycles. The number of hydrogen-bond acceptors (Lipinski definition) is 5. The summed E-state index contributed by atoms with van der Waals surface area (Å²) in [6.45, 7) is 1.94. The Balaban J connectivity index is 1.73. The summed E-state index contributed by atoms with van der Waals surface area (Å²) in [4.78, 5) is 18.7. The monoisotopic (exact) mass is 386 g/mol. The van der Waals surface area contributed by atoms with E-state index in [4.69, 9.17) is 0 Å². The second kappa shape index (κ2) is 9.40. The third-order valence-corrected chi connectivity index (χ3v) is 4.83. The lowest BCUT2D eigenvalue weighted by atomic mass is 10.2. The Morgan fingerprint density at radius 2 is 1.82 bits per heavy atom. The van der Waals surface area contributed by atoms with E-state index < -0.39 is 5.91 Å². The van der Waals surface area contributed by atoms with Crippen molar-refractivity contribution in [3.63, 3.8) is 0 Å². The average Bonchev–Trinajstić information content (AvgIpc) is 2.72. The molecule has 5 nitrogen and oxygen atoms in total. The molecule has 28 heavy (non-hydrogen) atoms. The highest BCUT2D eigenvalue weighted by Crippen LogP contribution is 2.33. The smallest absolute Gasteiger partial charge is 0.267 e. The zero-order valence-electron chi connectivity index (χ0n) is 15.2. The van der Waals surface area contributed by atoms with Gasteiger partial charge < -0.3 is 10.6 Å². The van der Waals surface area contributed by atoms with E-state index in [0.717, 1.165) is 15.4 Å². The van der Waals surface area contributed by atoms with Gasteiger partial charge in [0.15, 0.2) is 0 Å². The zero-order chi connectivity index (χ0) is 19.8. The van der Waals surface area contributed by atoms with E-state index in [2.05, 4.69) is 15.6 Å². The molecule has 138 valence electrons. The largest absolute Gasteiger partial charge is 0.345 e. The van der Waals surface area contributed by atoms with Crippen LogP contribution in [-0.4, -0.2) is 10.9 Å². The van der Waals surface area contributed by atoms with E-state index in [9.17, 15) is 10.1 Å². The van der Waals surface area contributed by atoms with Crippen molar-refractivity contribution in [2.45, 2.75) is 16.7 Å². The highest BCUT2D eigenvalue weighted by Gasteiger charge is 2.12. The summed E-state index contributed by atoms with van der Waals surface area (Å²) >= 11 is 1.54. The molecule has 0 spiro atoms. The van der Waals surface area contributed by atoms with Gasteiger partial charge in [-0.2, -0.15) is 5.26 Å². The zero-order valence-corrected chi connectivity index (χ0v) is 16.0. The lowest BCUT2D eigenvalue weighted by Crippen LogP contribution is -2.15. The molecule has 2 aromatic carbocycles. The molecule has 0 unspecified atom stereocenters. The van der Waals surface area contributed by atoms with Gasteiger partial charge in [0, 0.05) is 22.2 Å². The number of hydrogen-bond donors (Lipinski definition) is 2. The van der Waals surface area contributed by atoms with Crippen LogP contribution in [0.4, 0.5) is 11.5 Å². The molecule has 0 saturated heterocycles. The van der Waals surface area contributed by atoms with Gasteiger partial charge in [-0.3, -0.25) is 4.79 Å². The Morgan fingerprint density at radius 3 is 2.54 bits per heavy atom. The predicted molar refractivity (Wildman–Crippen MR) is 112 cm³/mol. The first-order chi connectivity index (χ1) is 13.7. The molecule has 0 radical (unpaired) electrons. The number of benzene rings is 2. The van der Waals surface area contributed by atoms with Gasteiger partial charge in [-0.1, -0.05) is 48.2 Å². The third kappa shape index (κ3) is 5.22. The maximum absolute atomic E-state index is 12.6. The van der Waals surface area contributed by atoms with Crippen LogP contribution in [0.25, 0.3) is 0 Å². The van der Waals surface area contributed by atoms with Crippen molar-refractivity contribution >= 4 is 29.2 Å². The molecule has 3 rings (SSSR count). The van der Waals surface area contributed by atoms with Crippen molar-refractivity contribution < 1.29 is 4.79 Å².